The molecule has 0 aromatic heterocycles. The first-order chi connectivity index (χ1) is 14.8. The van der Waals surface area contributed by atoms with E-state index in [9.17, 15) is 18.8 Å². The van der Waals surface area contributed by atoms with Gasteiger partial charge in [0.15, 0.2) is 11.9 Å². The maximum atomic E-state index is 13.1. The van der Waals surface area contributed by atoms with E-state index >= 15 is 0 Å². The largest absolute Gasteiger partial charge is 0.479 e. The molecule has 7 nitrogen and oxygen atoms in total. The number of ether oxygens (including phenoxy) is 1. The van der Waals surface area contributed by atoms with E-state index in [0.29, 0.717) is 43.2 Å². The van der Waals surface area contributed by atoms with E-state index in [0.717, 1.165) is 5.69 Å². The molecule has 1 atom stereocenters. The molecule has 1 unspecified atom stereocenters. The Hall–Kier alpha value is -3.42. The van der Waals surface area contributed by atoms with Crippen LogP contribution in [0.3, 0.4) is 0 Å². The topological polar surface area (TPSA) is 70.2 Å². The van der Waals surface area contributed by atoms with Gasteiger partial charge in [-0.25, -0.2) is 4.39 Å². The van der Waals surface area contributed by atoms with Crippen LogP contribution in [0.4, 0.5) is 15.8 Å². The summed E-state index contributed by atoms with van der Waals surface area (Å²) < 4.78 is 18.8. The molecule has 1 saturated heterocycles. The third-order valence-electron chi connectivity index (χ3n) is 5.69. The lowest BCUT2D eigenvalue weighted by atomic mass is 10.1. The number of rotatable bonds is 4. The van der Waals surface area contributed by atoms with Gasteiger partial charge >= 0.3 is 0 Å². The zero-order valence-electron chi connectivity index (χ0n) is 17.5. The van der Waals surface area contributed by atoms with Crippen LogP contribution in [0.5, 0.6) is 5.75 Å². The summed E-state index contributed by atoms with van der Waals surface area (Å²) in [5, 5.41) is 0. The molecule has 162 valence electrons. The van der Waals surface area contributed by atoms with Crippen LogP contribution in [-0.2, 0) is 9.59 Å². The molecule has 31 heavy (non-hydrogen) atoms. The van der Waals surface area contributed by atoms with Gasteiger partial charge in [-0.15, -0.1) is 0 Å². The monoisotopic (exact) mass is 425 g/mol. The van der Waals surface area contributed by atoms with Crippen LogP contribution in [0.25, 0.3) is 0 Å². The zero-order valence-corrected chi connectivity index (χ0v) is 17.5. The summed E-state index contributed by atoms with van der Waals surface area (Å²) in [6.07, 6.45) is -0.709. The minimum Gasteiger partial charge on any atom is -0.479 e. The summed E-state index contributed by atoms with van der Waals surface area (Å²) in [5.41, 5.74) is 1.81. The number of anilines is 2. The van der Waals surface area contributed by atoms with Crippen molar-refractivity contribution in [1.29, 1.82) is 0 Å². The molecular formula is C23H24FN3O4. The number of amides is 2. The van der Waals surface area contributed by atoms with E-state index in [4.69, 9.17) is 4.74 Å². The summed E-state index contributed by atoms with van der Waals surface area (Å²) in [4.78, 5) is 42.8. The molecule has 2 heterocycles. The third-order valence-corrected chi connectivity index (χ3v) is 5.69. The van der Waals surface area contributed by atoms with Crippen LogP contribution in [0.2, 0.25) is 0 Å². The maximum absolute atomic E-state index is 13.1. The Bertz CT molecular complexity index is 1020. The molecule has 2 aliphatic rings. The van der Waals surface area contributed by atoms with Crippen molar-refractivity contribution in [3.8, 4) is 5.75 Å². The Morgan fingerprint density at radius 3 is 2.39 bits per heavy atom. The molecule has 0 aliphatic carbocycles. The highest BCUT2D eigenvalue weighted by Gasteiger charge is 2.34. The quantitative estimate of drug-likeness (QED) is 0.704. The third kappa shape index (κ3) is 4.23. The van der Waals surface area contributed by atoms with Crippen molar-refractivity contribution in [3.05, 3.63) is 53.8 Å². The fourth-order valence-corrected chi connectivity index (χ4v) is 3.89. The fraction of sp³-hybridized carbons (Fsp3) is 0.348. The SMILES string of the molecule is CC(=O)c1ccc2c(c1)N(CC(=O)N1CCN(c3ccc(F)cc3)CC1)C(=O)C(C)O2. The van der Waals surface area contributed by atoms with E-state index in [1.165, 1.54) is 24.0 Å². The molecule has 1 fully saturated rings. The summed E-state index contributed by atoms with van der Waals surface area (Å²) >= 11 is 0. The smallest absolute Gasteiger partial charge is 0.268 e. The number of halogens is 1. The van der Waals surface area contributed by atoms with Gasteiger partial charge in [-0.3, -0.25) is 19.3 Å². The van der Waals surface area contributed by atoms with E-state index in [-0.39, 0.29) is 30.0 Å². The van der Waals surface area contributed by atoms with Crippen LogP contribution in [0.1, 0.15) is 24.2 Å². The Kier molecular flexibility index (Phi) is 5.63. The average molecular weight is 425 g/mol. The Labute approximate surface area is 180 Å². The minimum atomic E-state index is -0.709. The number of benzene rings is 2. The van der Waals surface area contributed by atoms with Gasteiger partial charge in [-0.05, 0) is 56.3 Å². The first-order valence-corrected chi connectivity index (χ1v) is 10.2. The van der Waals surface area contributed by atoms with Crippen LogP contribution in [0, 0.1) is 5.82 Å². The lowest BCUT2D eigenvalue weighted by Gasteiger charge is -2.38. The first kappa shape index (κ1) is 20.8. The van der Waals surface area contributed by atoms with Crippen molar-refractivity contribution in [1.82, 2.24) is 4.90 Å². The molecule has 0 spiro atoms. The molecule has 0 N–H and O–H groups in total. The Morgan fingerprint density at radius 2 is 1.74 bits per heavy atom. The van der Waals surface area contributed by atoms with Crippen molar-refractivity contribution < 1.29 is 23.5 Å². The molecule has 0 saturated carbocycles. The second kappa shape index (κ2) is 8.37. The molecule has 0 bridgehead atoms. The summed E-state index contributed by atoms with van der Waals surface area (Å²) in [6.45, 7) is 5.23. The minimum absolute atomic E-state index is 0.114. The van der Waals surface area contributed by atoms with Crippen molar-refractivity contribution in [2.45, 2.75) is 20.0 Å². The highest BCUT2D eigenvalue weighted by molar-refractivity contribution is 6.05. The molecule has 2 aromatic rings. The summed E-state index contributed by atoms with van der Waals surface area (Å²) in [7, 11) is 0. The molecule has 2 aromatic carbocycles. The molecule has 0 radical (unpaired) electrons. The van der Waals surface area contributed by atoms with Crippen LogP contribution >= 0.6 is 0 Å². The van der Waals surface area contributed by atoms with Crippen LogP contribution in [0.15, 0.2) is 42.5 Å². The van der Waals surface area contributed by atoms with Crippen LogP contribution in [-0.4, -0.2) is 61.3 Å². The predicted molar refractivity (Wildman–Crippen MR) is 114 cm³/mol. The normalized spacial score (nSPS) is 18.5. The van der Waals surface area contributed by atoms with Gasteiger partial charge in [0.25, 0.3) is 5.91 Å². The number of ketones is 1. The first-order valence-electron chi connectivity index (χ1n) is 10.2. The van der Waals surface area contributed by atoms with Gasteiger partial charge in [0.1, 0.15) is 18.1 Å². The van der Waals surface area contributed by atoms with Gasteiger partial charge in [0.2, 0.25) is 5.91 Å². The van der Waals surface area contributed by atoms with E-state index in [1.54, 1.807) is 42.2 Å². The van der Waals surface area contributed by atoms with Gasteiger partial charge < -0.3 is 14.5 Å². The summed E-state index contributed by atoms with van der Waals surface area (Å²) in [6, 6.07) is 11.2. The average Bonchev–Trinajstić information content (AvgIpc) is 2.77. The van der Waals surface area contributed by atoms with Gasteiger partial charge in [0, 0.05) is 37.4 Å². The Balaban J connectivity index is 1.46. The van der Waals surface area contributed by atoms with E-state index in [2.05, 4.69) is 4.90 Å². The van der Waals surface area contributed by atoms with E-state index in [1.807, 2.05) is 0 Å². The van der Waals surface area contributed by atoms with Crippen molar-refractivity contribution in [2.24, 2.45) is 0 Å². The standard InChI is InChI=1S/C23H24FN3O4/c1-15(28)17-3-8-21-20(13-17)27(23(30)16(2)31-21)14-22(29)26-11-9-25(10-12-26)19-6-4-18(24)5-7-19/h3-8,13,16H,9-12,14H2,1-2H3. The fourth-order valence-electron chi connectivity index (χ4n) is 3.89. The molecule has 2 amide bonds. The second-order valence-corrected chi connectivity index (χ2v) is 7.77. The number of hydrogen-bond donors (Lipinski definition) is 0. The number of hydrogen-bond acceptors (Lipinski definition) is 5. The predicted octanol–water partition coefficient (Wildman–Crippen LogP) is 2.49. The van der Waals surface area contributed by atoms with Crippen molar-refractivity contribution in [3.63, 3.8) is 0 Å². The van der Waals surface area contributed by atoms with Crippen molar-refractivity contribution >= 4 is 29.0 Å². The number of fused-ring (bicyclic) bond motifs is 1. The number of Topliss-reactive ketones (excluding diaryl/α,β-unsaturated/α-hetero) is 1. The summed E-state index contributed by atoms with van der Waals surface area (Å²) in [5.74, 6) is -0.412. The van der Waals surface area contributed by atoms with Crippen molar-refractivity contribution in [2.75, 3.05) is 42.5 Å². The molecular weight excluding hydrogens is 401 g/mol. The number of nitrogens with zero attached hydrogens (tertiary/aromatic N) is 3. The zero-order chi connectivity index (χ0) is 22.1. The maximum Gasteiger partial charge on any atom is 0.268 e. The van der Waals surface area contributed by atoms with E-state index < -0.39 is 6.10 Å². The highest BCUT2D eigenvalue weighted by Crippen LogP contribution is 2.35. The Morgan fingerprint density at radius 1 is 1.06 bits per heavy atom. The lowest BCUT2D eigenvalue weighted by molar-refractivity contribution is -0.133. The molecule has 8 heteroatoms. The number of carbonyl (C=O) groups excluding carboxylic acids is 3. The molecule has 4 rings (SSSR count). The highest BCUT2D eigenvalue weighted by atomic mass is 19.1. The van der Waals surface area contributed by atoms with Gasteiger partial charge in [-0.2, -0.15) is 0 Å². The number of piperazine rings is 1. The lowest BCUT2D eigenvalue weighted by Crippen LogP contribution is -2.54. The second-order valence-electron chi connectivity index (χ2n) is 7.77. The van der Waals surface area contributed by atoms with Gasteiger partial charge in [-0.1, -0.05) is 0 Å². The van der Waals surface area contributed by atoms with Gasteiger partial charge in [0.05, 0.1) is 5.69 Å². The van der Waals surface area contributed by atoms with Crippen LogP contribution < -0.4 is 14.5 Å². The number of carbonyl (C=O) groups is 3. The molecule has 2 aliphatic heterocycles.